The Morgan fingerprint density at radius 3 is 2.53 bits per heavy atom. The standard InChI is InChI=1S/C14H16FNO3/c15-11-6-4-9(5-7-11)13(17)16-12-3-1-2-10(8-12)14(18)19/h4-7,10,12H,1-3,8H2,(H,16,17)(H,18,19)/t10-,12-/m1/s1. The van der Waals surface area contributed by atoms with Gasteiger partial charge in [0.15, 0.2) is 0 Å². The summed E-state index contributed by atoms with van der Waals surface area (Å²) < 4.78 is 12.8. The van der Waals surface area contributed by atoms with Gasteiger partial charge in [-0.05, 0) is 43.5 Å². The second-order valence-corrected chi connectivity index (χ2v) is 4.88. The van der Waals surface area contributed by atoms with Gasteiger partial charge in [0.1, 0.15) is 5.82 Å². The minimum atomic E-state index is -0.805. The van der Waals surface area contributed by atoms with Gasteiger partial charge in [0.05, 0.1) is 5.92 Å². The molecule has 1 amide bonds. The highest BCUT2D eigenvalue weighted by Gasteiger charge is 2.27. The third-order valence-corrected chi connectivity index (χ3v) is 3.47. The maximum atomic E-state index is 12.8. The monoisotopic (exact) mass is 265 g/mol. The van der Waals surface area contributed by atoms with E-state index in [4.69, 9.17) is 5.11 Å². The second kappa shape index (κ2) is 5.82. The van der Waals surface area contributed by atoms with Crippen LogP contribution in [0.2, 0.25) is 0 Å². The fourth-order valence-electron chi connectivity index (χ4n) is 2.42. The highest BCUT2D eigenvalue weighted by Crippen LogP contribution is 2.24. The van der Waals surface area contributed by atoms with Crippen LogP contribution in [-0.2, 0) is 4.79 Å². The molecule has 0 radical (unpaired) electrons. The third kappa shape index (κ3) is 3.53. The van der Waals surface area contributed by atoms with Crippen LogP contribution in [0.4, 0.5) is 4.39 Å². The van der Waals surface area contributed by atoms with Crippen molar-refractivity contribution in [3.8, 4) is 0 Å². The predicted molar refractivity (Wildman–Crippen MR) is 67.2 cm³/mol. The van der Waals surface area contributed by atoms with Gasteiger partial charge < -0.3 is 10.4 Å². The van der Waals surface area contributed by atoms with Crippen LogP contribution in [0, 0.1) is 11.7 Å². The van der Waals surface area contributed by atoms with Gasteiger partial charge in [-0.2, -0.15) is 0 Å². The van der Waals surface area contributed by atoms with Crippen LogP contribution in [-0.4, -0.2) is 23.0 Å². The lowest BCUT2D eigenvalue weighted by Crippen LogP contribution is -2.39. The number of amides is 1. The van der Waals surface area contributed by atoms with Crippen molar-refractivity contribution >= 4 is 11.9 Å². The summed E-state index contributed by atoms with van der Waals surface area (Å²) in [6.45, 7) is 0. The van der Waals surface area contributed by atoms with Crippen LogP contribution in [0.1, 0.15) is 36.0 Å². The van der Waals surface area contributed by atoms with E-state index in [1.807, 2.05) is 0 Å². The highest BCUT2D eigenvalue weighted by molar-refractivity contribution is 5.94. The Hall–Kier alpha value is -1.91. The number of carboxylic acids is 1. The van der Waals surface area contributed by atoms with E-state index in [2.05, 4.69) is 5.32 Å². The molecule has 1 aromatic rings. The van der Waals surface area contributed by atoms with E-state index >= 15 is 0 Å². The van der Waals surface area contributed by atoms with E-state index in [9.17, 15) is 14.0 Å². The van der Waals surface area contributed by atoms with Crippen LogP contribution in [0.15, 0.2) is 24.3 Å². The number of carbonyl (C=O) groups excluding carboxylic acids is 1. The molecule has 2 rings (SSSR count). The van der Waals surface area contributed by atoms with Crippen molar-refractivity contribution in [2.75, 3.05) is 0 Å². The van der Waals surface area contributed by atoms with E-state index in [0.717, 1.165) is 12.8 Å². The number of carboxylic acid groups (broad SMARTS) is 1. The first-order valence-corrected chi connectivity index (χ1v) is 6.35. The summed E-state index contributed by atoms with van der Waals surface area (Å²) in [6.07, 6.45) is 2.71. The van der Waals surface area contributed by atoms with Gasteiger partial charge in [0.2, 0.25) is 0 Å². The molecular formula is C14H16FNO3. The average Bonchev–Trinajstić information content (AvgIpc) is 2.39. The molecule has 2 N–H and O–H groups in total. The van der Waals surface area contributed by atoms with E-state index in [-0.39, 0.29) is 23.7 Å². The zero-order valence-corrected chi connectivity index (χ0v) is 10.4. The molecule has 4 nitrogen and oxygen atoms in total. The predicted octanol–water partition coefficient (Wildman–Crippen LogP) is 2.20. The largest absolute Gasteiger partial charge is 0.481 e. The SMILES string of the molecule is O=C(N[C@@H]1CCC[C@@H](C(=O)O)C1)c1ccc(F)cc1. The summed E-state index contributed by atoms with van der Waals surface area (Å²) in [7, 11) is 0. The average molecular weight is 265 g/mol. The van der Waals surface area contributed by atoms with E-state index in [1.54, 1.807) is 0 Å². The van der Waals surface area contributed by atoms with Crippen molar-refractivity contribution in [3.63, 3.8) is 0 Å². The number of aliphatic carboxylic acids is 1. The quantitative estimate of drug-likeness (QED) is 0.880. The van der Waals surface area contributed by atoms with Crippen molar-refractivity contribution in [2.45, 2.75) is 31.7 Å². The van der Waals surface area contributed by atoms with E-state index in [0.29, 0.717) is 18.4 Å². The Kier molecular flexibility index (Phi) is 4.14. The first-order chi connectivity index (χ1) is 9.06. The molecule has 0 spiro atoms. The summed E-state index contributed by atoms with van der Waals surface area (Å²) in [4.78, 5) is 22.9. The number of hydrogen-bond donors (Lipinski definition) is 2. The van der Waals surface area contributed by atoms with Crippen LogP contribution < -0.4 is 5.32 Å². The molecule has 5 heteroatoms. The van der Waals surface area contributed by atoms with Crippen LogP contribution in [0.3, 0.4) is 0 Å². The zero-order valence-electron chi connectivity index (χ0n) is 10.4. The summed E-state index contributed by atoms with van der Waals surface area (Å²) in [5.41, 5.74) is 0.388. The Morgan fingerprint density at radius 2 is 1.89 bits per heavy atom. The number of hydrogen-bond acceptors (Lipinski definition) is 2. The maximum Gasteiger partial charge on any atom is 0.306 e. The topological polar surface area (TPSA) is 66.4 Å². The lowest BCUT2D eigenvalue weighted by molar-refractivity contribution is -0.143. The minimum absolute atomic E-state index is 0.118. The Labute approximate surface area is 110 Å². The lowest BCUT2D eigenvalue weighted by atomic mass is 9.85. The fourth-order valence-corrected chi connectivity index (χ4v) is 2.42. The van der Waals surface area contributed by atoms with Gasteiger partial charge in [-0.1, -0.05) is 6.42 Å². The van der Waals surface area contributed by atoms with Gasteiger partial charge in [0.25, 0.3) is 5.91 Å². The summed E-state index contributed by atoms with van der Waals surface area (Å²) in [5.74, 6) is -1.86. The third-order valence-electron chi connectivity index (χ3n) is 3.47. The van der Waals surface area contributed by atoms with E-state index < -0.39 is 5.97 Å². The molecule has 0 aliphatic heterocycles. The van der Waals surface area contributed by atoms with Crippen molar-refractivity contribution in [1.29, 1.82) is 0 Å². The number of carbonyl (C=O) groups is 2. The van der Waals surface area contributed by atoms with Crippen LogP contribution >= 0.6 is 0 Å². The van der Waals surface area contributed by atoms with E-state index in [1.165, 1.54) is 24.3 Å². The minimum Gasteiger partial charge on any atom is -0.481 e. The Morgan fingerprint density at radius 1 is 1.21 bits per heavy atom. The number of nitrogens with one attached hydrogen (secondary N) is 1. The van der Waals surface area contributed by atoms with Crippen molar-refractivity contribution in [1.82, 2.24) is 5.32 Å². The van der Waals surface area contributed by atoms with Gasteiger partial charge in [-0.15, -0.1) is 0 Å². The molecule has 1 aliphatic rings. The normalized spacial score (nSPS) is 22.8. The summed E-state index contributed by atoms with van der Waals surface area (Å²) in [6, 6.07) is 5.18. The molecule has 1 fully saturated rings. The number of benzene rings is 1. The molecule has 2 atom stereocenters. The van der Waals surface area contributed by atoms with Gasteiger partial charge in [-0.25, -0.2) is 4.39 Å². The molecule has 0 aromatic heterocycles. The molecule has 1 aliphatic carbocycles. The van der Waals surface area contributed by atoms with Crippen LogP contribution in [0.5, 0.6) is 0 Å². The number of halogens is 1. The first-order valence-electron chi connectivity index (χ1n) is 6.35. The highest BCUT2D eigenvalue weighted by atomic mass is 19.1. The Bertz CT molecular complexity index is 472. The van der Waals surface area contributed by atoms with Crippen molar-refractivity contribution in [3.05, 3.63) is 35.6 Å². The molecule has 19 heavy (non-hydrogen) atoms. The molecule has 0 saturated heterocycles. The van der Waals surface area contributed by atoms with Gasteiger partial charge in [0, 0.05) is 11.6 Å². The maximum absolute atomic E-state index is 12.8. The summed E-state index contributed by atoms with van der Waals surface area (Å²) in [5, 5.41) is 11.8. The lowest BCUT2D eigenvalue weighted by Gasteiger charge is -2.27. The molecule has 102 valence electrons. The van der Waals surface area contributed by atoms with Crippen LogP contribution in [0.25, 0.3) is 0 Å². The van der Waals surface area contributed by atoms with Crippen molar-refractivity contribution in [2.24, 2.45) is 5.92 Å². The molecule has 0 unspecified atom stereocenters. The Balaban J connectivity index is 1.95. The number of rotatable bonds is 3. The second-order valence-electron chi connectivity index (χ2n) is 4.88. The molecule has 0 bridgehead atoms. The van der Waals surface area contributed by atoms with Gasteiger partial charge >= 0.3 is 5.97 Å². The summed E-state index contributed by atoms with van der Waals surface area (Å²) >= 11 is 0. The fraction of sp³-hybridized carbons (Fsp3) is 0.429. The van der Waals surface area contributed by atoms with Crippen molar-refractivity contribution < 1.29 is 19.1 Å². The first kappa shape index (κ1) is 13.5. The molecular weight excluding hydrogens is 249 g/mol. The van der Waals surface area contributed by atoms with Gasteiger partial charge in [-0.3, -0.25) is 9.59 Å². The molecule has 1 saturated carbocycles. The molecule has 0 heterocycles. The smallest absolute Gasteiger partial charge is 0.306 e. The zero-order chi connectivity index (χ0) is 13.8. The molecule has 1 aromatic carbocycles.